The Balaban J connectivity index is 1.48. The molecule has 2 fully saturated rings. The molecule has 0 atom stereocenters. The molecule has 2 nitrogen and oxygen atoms in total. The van der Waals surface area contributed by atoms with Crippen molar-refractivity contribution in [2.24, 2.45) is 23.7 Å². The Morgan fingerprint density at radius 1 is 0.640 bits per heavy atom. The van der Waals surface area contributed by atoms with Gasteiger partial charge in [0, 0.05) is 13.7 Å². The fraction of sp³-hybridized carbons (Fsp3) is 1.00. The Hall–Kier alpha value is -0.0800. The summed E-state index contributed by atoms with van der Waals surface area (Å²) in [5.74, 6) is 3.94. The maximum atomic E-state index is 5.72. The summed E-state index contributed by atoms with van der Waals surface area (Å²) in [4.78, 5) is 0. The van der Waals surface area contributed by atoms with Crippen LogP contribution in [0, 0.1) is 23.7 Å². The molecule has 0 radical (unpaired) electrons. The number of ether oxygens (including phenoxy) is 2. The van der Waals surface area contributed by atoms with Crippen LogP contribution in [-0.2, 0) is 9.47 Å². The summed E-state index contributed by atoms with van der Waals surface area (Å²) in [5.41, 5.74) is 0. The predicted octanol–water partition coefficient (Wildman–Crippen LogP) is 6.62. The third kappa shape index (κ3) is 8.91. The minimum Gasteiger partial charge on any atom is -0.382 e. The van der Waals surface area contributed by atoms with Crippen LogP contribution in [0.25, 0.3) is 0 Å². The number of hydrogen-bond acceptors (Lipinski definition) is 2. The van der Waals surface area contributed by atoms with Crippen molar-refractivity contribution in [3.8, 4) is 0 Å². The molecule has 0 unspecified atom stereocenters. The van der Waals surface area contributed by atoms with Crippen LogP contribution in [0.15, 0.2) is 0 Å². The Labute approximate surface area is 157 Å². The largest absolute Gasteiger partial charge is 0.382 e. The second kappa shape index (κ2) is 13.1. The zero-order valence-corrected chi connectivity index (χ0v) is 17.1. The van der Waals surface area contributed by atoms with E-state index in [4.69, 9.17) is 9.47 Å². The first kappa shape index (κ1) is 21.2. The van der Waals surface area contributed by atoms with Crippen LogP contribution in [0.2, 0.25) is 0 Å². The molecule has 0 aromatic rings. The van der Waals surface area contributed by atoms with Crippen molar-refractivity contribution in [3.05, 3.63) is 0 Å². The Bertz CT molecular complexity index is 301. The fourth-order valence-corrected chi connectivity index (χ4v) is 5.04. The highest BCUT2D eigenvalue weighted by atomic mass is 16.5. The van der Waals surface area contributed by atoms with E-state index in [1.54, 1.807) is 7.11 Å². The van der Waals surface area contributed by atoms with Gasteiger partial charge in [-0.3, -0.25) is 0 Å². The molecule has 148 valence electrons. The third-order valence-corrected chi connectivity index (χ3v) is 6.92. The molecule has 0 aliphatic heterocycles. The Kier molecular flexibility index (Phi) is 11.2. The average molecular weight is 353 g/mol. The van der Waals surface area contributed by atoms with Gasteiger partial charge in [-0.2, -0.15) is 0 Å². The third-order valence-electron chi connectivity index (χ3n) is 6.92. The highest BCUT2D eigenvalue weighted by Crippen LogP contribution is 2.37. The van der Waals surface area contributed by atoms with Gasteiger partial charge in [-0.15, -0.1) is 0 Å². The molecule has 0 saturated heterocycles. The number of hydrogen-bond donors (Lipinski definition) is 0. The average Bonchev–Trinajstić information content (AvgIpc) is 2.66. The molecule has 0 heterocycles. The van der Waals surface area contributed by atoms with Gasteiger partial charge in [0.15, 0.2) is 0 Å². The molecule has 0 aromatic heterocycles. The molecular weight excluding hydrogens is 308 g/mol. The van der Waals surface area contributed by atoms with E-state index in [0.29, 0.717) is 0 Å². The molecule has 2 rings (SSSR count). The number of rotatable bonds is 12. The lowest BCUT2D eigenvalue weighted by Crippen LogP contribution is -2.21. The highest BCUT2D eigenvalue weighted by molar-refractivity contribution is 4.76. The summed E-state index contributed by atoms with van der Waals surface area (Å²) in [6, 6.07) is 0. The summed E-state index contributed by atoms with van der Waals surface area (Å²) in [6.07, 6.45) is 20.6. The van der Waals surface area contributed by atoms with Crippen LogP contribution < -0.4 is 0 Å². The van der Waals surface area contributed by atoms with E-state index in [9.17, 15) is 0 Å². The van der Waals surface area contributed by atoms with Crippen LogP contribution in [0.1, 0.15) is 96.8 Å². The monoisotopic (exact) mass is 352 g/mol. The fourth-order valence-electron chi connectivity index (χ4n) is 5.04. The minimum absolute atomic E-state index is 0.732. The van der Waals surface area contributed by atoms with Crippen molar-refractivity contribution in [2.45, 2.75) is 96.8 Å². The van der Waals surface area contributed by atoms with Crippen molar-refractivity contribution in [1.29, 1.82) is 0 Å². The van der Waals surface area contributed by atoms with Crippen LogP contribution in [0.3, 0.4) is 0 Å². The normalized spacial score (nSPS) is 30.5. The van der Waals surface area contributed by atoms with Crippen molar-refractivity contribution in [2.75, 3.05) is 26.9 Å². The van der Waals surface area contributed by atoms with Gasteiger partial charge in [0.05, 0.1) is 13.2 Å². The van der Waals surface area contributed by atoms with Gasteiger partial charge in [0.2, 0.25) is 0 Å². The van der Waals surface area contributed by atoms with E-state index in [-0.39, 0.29) is 0 Å². The van der Waals surface area contributed by atoms with Crippen molar-refractivity contribution >= 4 is 0 Å². The smallest absolute Gasteiger partial charge is 0.0700 e. The maximum Gasteiger partial charge on any atom is 0.0700 e. The second-order valence-corrected chi connectivity index (χ2v) is 8.91. The van der Waals surface area contributed by atoms with Crippen LogP contribution in [0.5, 0.6) is 0 Å². The van der Waals surface area contributed by atoms with Crippen molar-refractivity contribution in [3.63, 3.8) is 0 Å². The predicted molar refractivity (Wildman–Crippen MR) is 107 cm³/mol. The number of methoxy groups -OCH3 is 1. The molecule has 2 aliphatic rings. The maximum absolute atomic E-state index is 5.72. The first-order valence-corrected chi connectivity index (χ1v) is 11.4. The van der Waals surface area contributed by atoms with Crippen LogP contribution in [0.4, 0.5) is 0 Å². The molecule has 0 amide bonds. The Morgan fingerprint density at radius 2 is 1.16 bits per heavy atom. The summed E-state index contributed by atoms with van der Waals surface area (Å²) in [5, 5.41) is 0. The first-order valence-electron chi connectivity index (χ1n) is 11.4. The first-order chi connectivity index (χ1) is 12.3. The van der Waals surface area contributed by atoms with E-state index in [1.807, 2.05) is 0 Å². The summed E-state index contributed by atoms with van der Waals surface area (Å²) >= 11 is 0. The van der Waals surface area contributed by atoms with Crippen molar-refractivity contribution in [1.82, 2.24) is 0 Å². The molecular formula is C23H44O2. The summed E-state index contributed by atoms with van der Waals surface area (Å²) in [6.45, 7) is 4.77. The number of unbranched alkanes of at least 4 members (excludes halogenated alkanes) is 2. The lowest BCUT2D eigenvalue weighted by molar-refractivity contribution is 0.0391. The van der Waals surface area contributed by atoms with Gasteiger partial charge in [0.25, 0.3) is 0 Å². The van der Waals surface area contributed by atoms with E-state index < -0.39 is 0 Å². The zero-order chi connectivity index (χ0) is 17.7. The van der Waals surface area contributed by atoms with E-state index in [1.165, 1.54) is 89.9 Å². The minimum atomic E-state index is 0.732. The lowest BCUT2D eigenvalue weighted by atomic mass is 9.75. The van der Waals surface area contributed by atoms with Gasteiger partial charge in [0.1, 0.15) is 0 Å². The lowest BCUT2D eigenvalue weighted by Gasteiger charge is -2.32. The summed E-state index contributed by atoms with van der Waals surface area (Å²) < 4.78 is 10.8. The molecule has 0 spiro atoms. The van der Waals surface area contributed by atoms with E-state index in [0.717, 1.165) is 43.5 Å². The van der Waals surface area contributed by atoms with Crippen LogP contribution in [-0.4, -0.2) is 26.9 Å². The molecule has 2 saturated carbocycles. The van der Waals surface area contributed by atoms with Gasteiger partial charge >= 0.3 is 0 Å². The van der Waals surface area contributed by atoms with Gasteiger partial charge < -0.3 is 9.47 Å². The van der Waals surface area contributed by atoms with Gasteiger partial charge in [-0.25, -0.2) is 0 Å². The summed E-state index contributed by atoms with van der Waals surface area (Å²) in [7, 11) is 1.74. The molecule has 2 aliphatic carbocycles. The standard InChI is InChI=1S/C23H44O2/c1-3-4-5-6-20-7-9-21(10-8-20)11-12-22-13-15-23(16-14-22)19-25-18-17-24-2/h20-23H,3-19H2,1-2H3/t20-,21-,22-,23-. The quantitative estimate of drug-likeness (QED) is 0.367. The molecule has 2 heteroatoms. The highest BCUT2D eigenvalue weighted by Gasteiger charge is 2.24. The van der Waals surface area contributed by atoms with Gasteiger partial charge in [-0.1, -0.05) is 84.0 Å². The topological polar surface area (TPSA) is 18.5 Å². The molecule has 0 aromatic carbocycles. The molecule has 0 N–H and O–H groups in total. The van der Waals surface area contributed by atoms with Crippen molar-refractivity contribution < 1.29 is 9.47 Å². The molecule has 25 heavy (non-hydrogen) atoms. The zero-order valence-electron chi connectivity index (χ0n) is 17.1. The van der Waals surface area contributed by atoms with E-state index >= 15 is 0 Å². The van der Waals surface area contributed by atoms with Crippen LogP contribution >= 0.6 is 0 Å². The SMILES string of the molecule is CCCCC[C@H]1CC[C@H](CC[C@H]2CC[C@H](COCCOC)CC2)CC1. The van der Waals surface area contributed by atoms with Gasteiger partial charge in [-0.05, 0) is 36.5 Å². The van der Waals surface area contributed by atoms with E-state index in [2.05, 4.69) is 6.92 Å². The Morgan fingerprint density at radius 3 is 1.68 bits per heavy atom. The second-order valence-electron chi connectivity index (χ2n) is 8.91. The molecule has 0 bridgehead atoms.